The SMILES string of the molecule is CC(=O)O.[CH2]COC. The smallest absolute Gasteiger partial charge is 0.300 e. The molecule has 0 unspecified atom stereocenters. The second-order valence-corrected chi connectivity index (χ2v) is 1.01. The van der Waals surface area contributed by atoms with Crippen LogP contribution in [0, 0.1) is 6.92 Å². The van der Waals surface area contributed by atoms with Gasteiger partial charge in [-0.25, -0.2) is 0 Å². The normalized spacial score (nSPS) is 6.88. The average molecular weight is 119 g/mol. The minimum atomic E-state index is -0.833. The van der Waals surface area contributed by atoms with Crippen LogP contribution < -0.4 is 0 Å². The first-order chi connectivity index (χ1) is 3.65. The lowest BCUT2D eigenvalue weighted by Gasteiger charge is -1.76. The number of carboxylic acid groups (broad SMARTS) is 1. The number of carboxylic acids is 1. The molecule has 3 nitrogen and oxygen atoms in total. The van der Waals surface area contributed by atoms with Crippen LogP contribution in [0.2, 0.25) is 0 Å². The number of aliphatic carboxylic acids is 1. The number of hydrogen-bond donors (Lipinski definition) is 1. The zero-order chi connectivity index (χ0) is 6.99. The molecule has 0 aromatic heterocycles. The second-order valence-electron chi connectivity index (χ2n) is 1.01. The summed E-state index contributed by atoms with van der Waals surface area (Å²) in [6.45, 7) is 5.03. The van der Waals surface area contributed by atoms with Crippen molar-refractivity contribution in [2.45, 2.75) is 6.92 Å². The standard InChI is InChI=1S/C3H7O.C2H4O2/c1-3-4-2;1-2(3)4/h1,3H2,2H3;1H3,(H,3,4). The molecule has 0 fully saturated rings. The predicted octanol–water partition coefficient (Wildman–Crippen LogP) is 0.558. The summed E-state index contributed by atoms with van der Waals surface area (Å²) in [5.41, 5.74) is 0. The maximum absolute atomic E-state index is 9.00. The van der Waals surface area contributed by atoms with Gasteiger partial charge in [0.2, 0.25) is 0 Å². The molecule has 0 rings (SSSR count). The van der Waals surface area contributed by atoms with Gasteiger partial charge in [-0.1, -0.05) is 0 Å². The Hall–Kier alpha value is -0.570. The molecule has 0 spiro atoms. The second kappa shape index (κ2) is 9.66. The van der Waals surface area contributed by atoms with Gasteiger partial charge in [0.05, 0.1) is 0 Å². The van der Waals surface area contributed by atoms with Crippen LogP contribution in [0.3, 0.4) is 0 Å². The van der Waals surface area contributed by atoms with Crippen molar-refractivity contribution in [3.05, 3.63) is 6.92 Å². The lowest BCUT2D eigenvalue weighted by molar-refractivity contribution is -0.134. The highest BCUT2D eigenvalue weighted by molar-refractivity contribution is 5.62. The van der Waals surface area contributed by atoms with E-state index >= 15 is 0 Å². The molecule has 0 saturated heterocycles. The molecule has 0 aromatic carbocycles. The Labute approximate surface area is 49.3 Å². The van der Waals surface area contributed by atoms with Gasteiger partial charge in [0.25, 0.3) is 5.97 Å². The van der Waals surface area contributed by atoms with Crippen molar-refractivity contribution in [1.29, 1.82) is 0 Å². The molecule has 8 heavy (non-hydrogen) atoms. The maximum Gasteiger partial charge on any atom is 0.300 e. The quantitative estimate of drug-likeness (QED) is 0.548. The van der Waals surface area contributed by atoms with Crippen LogP contribution in [-0.2, 0) is 9.53 Å². The summed E-state index contributed by atoms with van der Waals surface area (Å²) in [4.78, 5) is 9.00. The Kier molecular flexibility index (Phi) is 12.6. The molecule has 0 bridgehead atoms. The topological polar surface area (TPSA) is 46.5 Å². The Morgan fingerprint density at radius 1 is 1.88 bits per heavy atom. The van der Waals surface area contributed by atoms with Gasteiger partial charge < -0.3 is 9.84 Å². The maximum atomic E-state index is 9.00. The first-order valence-corrected chi connectivity index (χ1v) is 2.12. The van der Waals surface area contributed by atoms with Gasteiger partial charge in [-0.15, -0.1) is 0 Å². The summed E-state index contributed by atoms with van der Waals surface area (Å²) in [6, 6.07) is 0. The lowest BCUT2D eigenvalue weighted by atomic mass is 10.9. The zero-order valence-corrected chi connectivity index (χ0v) is 5.18. The summed E-state index contributed by atoms with van der Waals surface area (Å²) in [6.07, 6.45) is 0. The van der Waals surface area contributed by atoms with E-state index in [2.05, 4.69) is 11.7 Å². The van der Waals surface area contributed by atoms with E-state index in [0.717, 1.165) is 6.92 Å². The fourth-order valence-corrected chi connectivity index (χ4v) is 0. The van der Waals surface area contributed by atoms with Gasteiger partial charge >= 0.3 is 0 Å². The lowest BCUT2D eigenvalue weighted by Crippen LogP contribution is -1.78. The molecule has 0 aliphatic rings. The van der Waals surface area contributed by atoms with Crippen LogP contribution in [0.25, 0.3) is 0 Å². The largest absolute Gasteiger partial charge is 0.481 e. The summed E-state index contributed by atoms with van der Waals surface area (Å²) in [5.74, 6) is -0.833. The third-order valence-corrected chi connectivity index (χ3v) is 0.204. The van der Waals surface area contributed by atoms with Crippen molar-refractivity contribution in [2.75, 3.05) is 13.7 Å². The van der Waals surface area contributed by atoms with Crippen molar-refractivity contribution >= 4 is 5.97 Å². The van der Waals surface area contributed by atoms with Gasteiger partial charge in [-0.2, -0.15) is 0 Å². The molecular weight excluding hydrogens is 108 g/mol. The van der Waals surface area contributed by atoms with E-state index < -0.39 is 5.97 Å². The number of ether oxygens (including phenoxy) is 1. The molecule has 0 aliphatic carbocycles. The van der Waals surface area contributed by atoms with Crippen molar-refractivity contribution in [3.8, 4) is 0 Å². The third-order valence-electron chi connectivity index (χ3n) is 0.204. The van der Waals surface area contributed by atoms with Crippen LogP contribution in [0.5, 0.6) is 0 Å². The highest BCUT2D eigenvalue weighted by Gasteiger charge is 1.65. The van der Waals surface area contributed by atoms with E-state index in [4.69, 9.17) is 9.90 Å². The summed E-state index contributed by atoms with van der Waals surface area (Å²) in [7, 11) is 1.62. The van der Waals surface area contributed by atoms with Gasteiger partial charge in [-0.3, -0.25) is 4.79 Å². The van der Waals surface area contributed by atoms with Crippen LogP contribution in [0.4, 0.5) is 0 Å². The van der Waals surface area contributed by atoms with Crippen molar-refractivity contribution in [3.63, 3.8) is 0 Å². The van der Waals surface area contributed by atoms with Crippen LogP contribution in [0.15, 0.2) is 0 Å². The number of rotatable bonds is 1. The van der Waals surface area contributed by atoms with Gasteiger partial charge in [0.1, 0.15) is 0 Å². The molecule has 0 atom stereocenters. The fraction of sp³-hybridized carbons (Fsp3) is 0.600. The van der Waals surface area contributed by atoms with Crippen molar-refractivity contribution in [2.24, 2.45) is 0 Å². The summed E-state index contributed by atoms with van der Waals surface area (Å²) >= 11 is 0. The Morgan fingerprint density at radius 2 is 2.00 bits per heavy atom. The molecule has 0 heterocycles. The molecule has 0 aliphatic heterocycles. The van der Waals surface area contributed by atoms with E-state index in [1.807, 2.05) is 0 Å². The summed E-state index contributed by atoms with van der Waals surface area (Å²) < 4.78 is 4.43. The first-order valence-electron chi connectivity index (χ1n) is 2.12. The Morgan fingerprint density at radius 3 is 2.00 bits per heavy atom. The average Bonchev–Trinajstić information content (AvgIpc) is 1.65. The number of methoxy groups -OCH3 is 1. The van der Waals surface area contributed by atoms with E-state index in [1.54, 1.807) is 7.11 Å². The monoisotopic (exact) mass is 119 g/mol. The van der Waals surface area contributed by atoms with E-state index in [-0.39, 0.29) is 0 Å². The Bertz CT molecular complexity index is 45.6. The van der Waals surface area contributed by atoms with E-state index in [0.29, 0.717) is 6.61 Å². The minimum Gasteiger partial charge on any atom is -0.481 e. The van der Waals surface area contributed by atoms with Crippen LogP contribution in [-0.4, -0.2) is 24.8 Å². The molecule has 49 valence electrons. The van der Waals surface area contributed by atoms with Crippen LogP contribution in [0.1, 0.15) is 6.92 Å². The highest BCUT2D eigenvalue weighted by atomic mass is 16.5. The van der Waals surface area contributed by atoms with Gasteiger partial charge in [0.15, 0.2) is 0 Å². The van der Waals surface area contributed by atoms with E-state index in [9.17, 15) is 0 Å². The molecule has 0 aromatic rings. The first kappa shape index (κ1) is 10.4. The molecular formula is C5H11O3. The van der Waals surface area contributed by atoms with Crippen molar-refractivity contribution in [1.82, 2.24) is 0 Å². The highest BCUT2D eigenvalue weighted by Crippen LogP contribution is 1.51. The Balaban J connectivity index is 0. The molecule has 3 heteroatoms. The molecule has 0 saturated carbocycles. The zero-order valence-electron chi connectivity index (χ0n) is 5.18. The summed E-state index contributed by atoms with van der Waals surface area (Å²) in [5, 5.41) is 7.42. The van der Waals surface area contributed by atoms with Crippen molar-refractivity contribution < 1.29 is 14.6 Å². The molecule has 1 radical (unpaired) electrons. The predicted molar refractivity (Wildman–Crippen MR) is 30.5 cm³/mol. The van der Waals surface area contributed by atoms with E-state index in [1.165, 1.54) is 0 Å². The number of carbonyl (C=O) groups is 1. The van der Waals surface area contributed by atoms with Crippen LogP contribution >= 0.6 is 0 Å². The van der Waals surface area contributed by atoms with Gasteiger partial charge in [-0.05, 0) is 6.92 Å². The molecule has 1 N–H and O–H groups in total. The fourth-order valence-electron chi connectivity index (χ4n) is 0. The third kappa shape index (κ3) is 576. The number of hydrogen-bond acceptors (Lipinski definition) is 2. The van der Waals surface area contributed by atoms with Gasteiger partial charge in [0, 0.05) is 20.6 Å². The molecule has 0 amide bonds. The minimum absolute atomic E-state index is 0.569.